The number of hydrogen-bond acceptors (Lipinski definition) is 7. The Morgan fingerprint density at radius 2 is 1.74 bits per heavy atom. The average molecular weight is 450 g/mol. The number of aryl methyl sites for hydroxylation is 1. The van der Waals surface area contributed by atoms with Gasteiger partial charge < -0.3 is 9.64 Å². The summed E-state index contributed by atoms with van der Waals surface area (Å²) in [6, 6.07) is 8.76. The Labute approximate surface area is 182 Å². The molecule has 31 heavy (non-hydrogen) atoms. The fourth-order valence-electron chi connectivity index (χ4n) is 3.42. The number of methoxy groups -OCH3 is 1. The molecule has 164 valence electrons. The lowest BCUT2D eigenvalue weighted by Crippen LogP contribution is -2.46. The van der Waals surface area contributed by atoms with Gasteiger partial charge in [0.25, 0.3) is 0 Å². The van der Waals surface area contributed by atoms with Crippen LogP contribution in [0.2, 0.25) is 0 Å². The van der Waals surface area contributed by atoms with E-state index >= 15 is 0 Å². The lowest BCUT2D eigenvalue weighted by Gasteiger charge is -2.34. The van der Waals surface area contributed by atoms with Gasteiger partial charge in [-0.3, -0.25) is 4.90 Å². The number of thiazole rings is 1. The molecule has 6 nitrogen and oxygen atoms in total. The maximum absolute atomic E-state index is 13.1. The second-order valence-electron chi connectivity index (χ2n) is 7.33. The molecule has 1 aliphatic rings. The van der Waals surface area contributed by atoms with E-state index in [0.717, 1.165) is 28.1 Å². The van der Waals surface area contributed by atoms with Crippen molar-refractivity contribution in [3.63, 3.8) is 0 Å². The Balaban J connectivity index is 1.37. The summed E-state index contributed by atoms with van der Waals surface area (Å²) in [6.07, 6.45) is -4.48. The number of anilines is 1. The summed E-state index contributed by atoms with van der Waals surface area (Å²) in [4.78, 5) is 16.7. The van der Waals surface area contributed by atoms with Crippen molar-refractivity contribution in [2.75, 3.05) is 38.2 Å². The molecule has 2 aromatic heterocycles. The minimum atomic E-state index is -4.48. The Hall–Kier alpha value is -2.72. The molecule has 0 amide bonds. The molecule has 0 saturated carbocycles. The summed E-state index contributed by atoms with van der Waals surface area (Å²) in [5.41, 5.74) is 1.44. The molecule has 3 heterocycles. The zero-order valence-corrected chi connectivity index (χ0v) is 18.0. The highest BCUT2D eigenvalue weighted by atomic mass is 32.1. The SMILES string of the molecule is COc1ccc(-c2nc(CN3CCN(c4nc(C)cc(C(F)(F)F)n4)CC3)cs2)cc1. The number of aromatic nitrogens is 3. The van der Waals surface area contributed by atoms with Crippen LogP contribution in [0.3, 0.4) is 0 Å². The first-order valence-electron chi connectivity index (χ1n) is 9.81. The van der Waals surface area contributed by atoms with Crippen molar-refractivity contribution in [2.24, 2.45) is 0 Å². The molecular weight excluding hydrogens is 427 g/mol. The Kier molecular flexibility index (Phi) is 6.10. The Morgan fingerprint density at radius 1 is 1.03 bits per heavy atom. The molecule has 0 bridgehead atoms. The highest BCUT2D eigenvalue weighted by molar-refractivity contribution is 7.13. The second-order valence-corrected chi connectivity index (χ2v) is 8.19. The van der Waals surface area contributed by atoms with Crippen LogP contribution in [0.15, 0.2) is 35.7 Å². The molecule has 3 aromatic rings. The van der Waals surface area contributed by atoms with Gasteiger partial charge in [0.15, 0.2) is 0 Å². The van der Waals surface area contributed by atoms with Gasteiger partial charge in [-0.15, -0.1) is 11.3 Å². The zero-order valence-electron chi connectivity index (χ0n) is 17.2. The topological polar surface area (TPSA) is 54.4 Å². The first kappa shape index (κ1) is 21.5. The summed E-state index contributed by atoms with van der Waals surface area (Å²) >= 11 is 1.59. The molecule has 1 saturated heterocycles. The molecule has 4 rings (SSSR count). The van der Waals surface area contributed by atoms with Crippen LogP contribution in [-0.2, 0) is 12.7 Å². The van der Waals surface area contributed by atoms with Crippen molar-refractivity contribution in [3.05, 3.63) is 52.8 Å². The van der Waals surface area contributed by atoms with E-state index in [-0.39, 0.29) is 5.95 Å². The normalized spacial score (nSPS) is 15.3. The second kappa shape index (κ2) is 8.80. The number of rotatable bonds is 5. The minimum absolute atomic E-state index is 0.141. The highest BCUT2D eigenvalue weighted by Crippen LogP contribution is 2.30. The van der Waals surface area contributed by atoms with Gasteiger partial charge in [0.2, 0.25) is 5.95 Å². The van der Waals surface area contributed by atoms with Gasteiger partial charge in [-0.05, 0) is 37.3 Å². The average Bonchev–Trinajstić information content (AvgIpc) is 3.22. The summed E-state index contributed by atoms with van der Waals surface area (Å²) in [5.74, 6) is 0.945. The van der Waals surface area contributed by atoms with Crippen molar-refractivity contribution in [3.8, 4) is 16.3 Å². The van der Waals surface area contributed by atoms with E-state index in [9.17, 15) is 13.2 Å². The standard InChI is InChI=1S/C21H22F3N5OS/c1-14-11-18(21(22,23)24)27-20(25-14)29-9-7-28(8-10-29)12-16-13-31-19(26-16)15-3-5-17(30-2)6-4-15/h3-6,11,13H,7-10,12H2,1-2H3. The molecule has 0 aliphatic carbocycles. The van der Waals surface area contributed by atoms with Crippen LogP contribution in [-0.4, -0.2) is 53.1 Å². The van der Waals surface area contributed by atoms with Crippen LogP contribution in [0.5, 0.6) is 5.75 Å². The molecule has 0 radical (unpaired) electrons. The lowest BCUT2D eigenvalue weighted by atomic mass is 10.2. The van der Waals surface area contributed by atoms with Gasteiger partial charge in [0.05, 0.1) is 12.8 Å². The fraction of sp³-hybridized carbons (Fsp3) is 0.381. The summed E-state index contributed by atoms with van der Waals surface area (Å²) in [5, 5.41) is 3.00. The maximum atomic E-state index is 13.1. The number of piperazine rings is 1. The van der Waals surface area contributed by atoms with E-state index in [0.29, 0.717) is 38.4 Å². The third kappa shape index (κ3) is 5.13. The minimum Gasteiger partial charge on any atom is -0.497 e. The van der Waals surface area contributed by atoms with Crippen molar-refractivity contribution in [2.45, 2.75) is 19.6 Å². The van der Waals surface area contributed by atoms with Gasteiger partial charge in [0, 0.05) is 49.4 Å². The van der Waals surface area contributed by atoms with E-state index in [4.69, 9.17) is 9.72 Å². The number of hydrogen-bond donors (Lipinski definition) is 0. The van der Waals surface area contributed by atoms with Crippen LogP contribution in [0, 0.1) is 6.92 Å². The number of alkyl halides is 3. The van der Waals surface area contributed by atoms with Crippen LogP contribution < -0.4 is 9.64 Å². The number of halogens is 3. The van der Waals surface area contributed by atoms with E-state index in [1.807, 2.05) is 34.5 Å². The number of ether oxygens (including phenoxy) is 1. The Morgan fingerprint density at radius 3 is 2.39 bits per heavy atom. The van der Waals surface area contributed by atoms with Gasteiger partial charge in [0.1, 0.15) is 16.5 Å². The van der Waals surface area contributed by atoms with Gasteiger partial charge in [-0.25, -0.2) is 15.0 Å². The van der Waals surface area contributed by atoms with E-state index in [1.165, 1.54) is 0 Å². The maximum Gasteiger partial charge on any atom is 0.433 e. The quantitative estimate of drug-likeness (QED) is 0.580. The predicted molar refractivity (Wildman–Crippen MR) is 113 cm³/mol. The largest absolute Gasteiger partial charge is 0.497 e. The Bertz CT molecular complexity index is 1030. The fourth-order valence-corrected chi connectivity index (χ4v) is 4.24. The molecule has 1 fully saturated rings. The molecule has 0 spiro atoms. The first-order valence-corrected chi connectivity index (χ1v) is 10.7. The van der Waals surface area contributed by atoms with Gasteiger partial charge in [-0.2, -0.15) is 13.2 Å². The zero-order chi connectivity index (χ0) is 22.0. The molecule has 1 aliphatic heterocycles. The number of benzene rings is 1. The lowest BCUT2D eigenvalue weighted by molar-refractivity contribution is -0.141. The molecule has 0 N–H and O–H groups in total. The molecule has 0 atom stereocenters. The molecule has 0 unspecified atom stereocenters. The van der Waals surface area contributed by atoms with E-state index < -0.39 is 11.9 Å². The van der Waals surface area contributed by atoms with Crippen molar-refractivity contribution < 1.29 is 17.9 Å². The molecule has 1 aromatic carbocycles. The van der Waals surface area contributed by atoms with Crippen molar-refractivity contribution in [1.82, 2.24) is 19.9 Å². The van der Waals surface area contributed by atoms with Crippen LogP contribution in [0.4, 0.5) is 19.1 Å². The van der Waals surface area contributed by atoms with Crippen LogP contribution in [0.25, 0.3) is 10.6 Å². The van der Waals surface area contributed by atoms with E-state index in [2.05, 4.69) is 14.9 Å². The molecule has 10 heteroatoms. The van der Waals surface area contributed by atoms with Crippen LogP contribution >= 0.6 is 11.3 Å². The number of nitrogens with zero attached hydrogens (tertiary/aromatic N) is 5. The smallest absolute Gasteiger partial charge is 0.433 e. The highest BCUT2D eigenvalue weighted by Gasteiger charge is 2.34. The third-order valence-electron chi connectivity index (χ3n) is 5.06. The summed E-state index contributed by atoms with van der Waals surface area (Å²) < 4.78 is 44.3. The van der Waals surface area contributed by atoms with Crippen LogP contribution in [0.1, 0.15) is 17.1 Å². The van der Waals surface area contributed by atoms with E-state index in [1.54, 1.807) is 25.4 Å². The molecular formula is C21H22F3N5OS. The van der Waals surface area contributed by atoms with Gasteiger partial charge >= 0.3 is 6.18 Å². The monoisotopic (exact) mass is 449 g/mol. The van der Waals surface area contributed by atoms with Crippen molar-refractivity contribution >= 4 is 17.3 Å². The third-order valence-corrected chi connectivity index (χ3v) is 6.00. The van der Waals surface area contributed by atoms with Crippen molar-refractivity contribution in [1.29, 1.82) is 0 Å². The summed E-state index contributed by atoms with van der Waals surface area (Å²) in [6.45, 7) is 4.79. The summed E-state index contributed by atoms with van der Waals surface area (Å²) in [7, 11) is 1.64. The first-order chi connectivity index (χ1) is 14.8. The predicted octanol–water partition coefficient (Wildman–Crippen LogP) is 4.26. The van der Waals surface area contributed by atoms with Gasteiger partial charge in [-0.1, -0.05) is 0 Å².